The summed E-state index contributed by atoms with van der Waals surface area (Å²) in [5.41, 5.74) is 2.74. The molecule has 0 fully saturated rings. The predicted octanol–water partition coefficient (Wildman–Crippen LogP) is 3.31. The summed E-state index contributed by atoms with van der Waals surface area (Å²) >= 11 is 0. The molecule has 9 heteroatoms. The van der Waals surface area contributed by atoms with Gasteiger partial charge in [0.05, 0.1) is 22.6 Å². The van der Waals surface area contributed by atoms with Crippen molar-refractivity contribution in [1.29, 1.82) is 0 Å². The van der Waals surface area contributed by atoms with Gasteiger partial charge in [-0.1, -0.05) is 0 Å². The highest BCUT2D eigenvalue weighted by atomic mass is 16.7. The van der Waals surface area contributed by atoms with E-state index in [0.29, 0.717) is 34.2 Å². The second-order valence-electron chi connectivity index (χ2n) is 8.10. The van der Waals surface area contributed by atoms with Crippen LogP contribution in [0.15, 0.2) is 48.7 Å². The minimum atomic E-state index is -1.08. The van der Waals surface area contributed by atoms with E-state index in [9.17, 15) is 9.90 Å². The average Bonchev–Trinajstić information content (AvgIpc) is 3.37. The van der Waals surface area contributed by atoms with Crippen molar-refractivity contribution in [2.24, 2.45) is 0 Å². The van der Waals surface area contributed by atoms with Crippen LogP contribution in [0.1, 0.15) is 35.6 Å². The number of benzene rings is 1. The third kappa shape index (κ3) is 3.63. The molecule has 1 aromatic carbocycles. The Morgan fingerprint density at radius 1 is 1.12 bits per heavy atom. The summed E-state index contributed by atoms with van der Waals surface area (Å²) in [6.45, 7) is 5.35. The number of fused-ring (bicyclic) bond motifs is 2. The SMILES string of the molecule is Cc1cc2nc(NC(=O)c3ccc(C(C)(C)O)nc3)cc(-c3ccc4c(c3)OCO4)n2n1. The zero-order valence-corrected chi connectivity index (χ0v) is 17.8. The lowest BCUT2D eigenvalue weighted by Gasteiger charge is -2.16. The lowest BCUT2D eigenvalue weighted by Crippen LogP contribution is -2.19. The van der Waals surface area contributed by atoms with Gasteiger partial charge in [0.25, 0.3) is 5.91 Å². The molecule has 9 nitrogen and oxygen atoms in total. The second kappa shape index (κ2) is 7.31. The number of carbonyl (C=O) groups is 1. The van der Waals surface area contributed by atoms with Crippen molar-refractivity contribution in [2.75, 3.05) is 12.1 Å². The van der Waals surface area contributed by atoms with Gasteiger partial charge in [0.15, 0.2) is 17.1 Å². The Bertz CT molecular complexity index is 1340. The van der Waals surface area contributed by atoms with Gasteiger partial charge in [0.1, 0.15) is 11.4 Å². The Hall–Kier alpha value is -3.98. The third-order valence-corrected chi connectivity index (χ3v) is 5.11. The van der Waals surface area contributed by atoms with Gasteiger partial charge in [-0.25, -0.2) is 9.50 Å². The molecule has 0 unspecified atom stereocenters. The van der Waals surface area contributed by atoms with Crippen molar-refractivity contribution in [2.45, 2.75) is 26.4 Å². The minimum absolute atomic E-state index is 0.188. The molecule has 0 saturated carbocycles. The van der Waals surface area contributed by atoms with Crippen LogP contribution in [0.25, 0.3) is 16.9 Å². The van der Waals surface area contributed by atoms with Crippen LogP contribution in [-0.4, -0.2) is 37.4 Å². The molecule has 1 aliphatic rings. The van der Waals surface area contributed by atoms with Crippen LogP contribution < -0.4 is 14.8 Å². The van der Waals surface area contributed by atoms with E-state index < -0.39 is 5.60 Å². The number of amides is 1. The van der Waals surface area contributed by atoms with Crippen LogP contribution in [0.2, 0.25) is 0 Å². The number of nitrogens with zero attached hydrogens (tertiary/aromatic N) is 4. The van der Waals surface area contributed by atoms with E-state index in [4.69, 9.17) is 9.47 Å². The molecular formula is C23H21N5O4. The van der Waals surface area contributed by atoms with Crippen molar-refractivity contribution in [3.8, 4) is 22.8 Å². The van der Waals surface area contributed by atoms with E-state index in [0.717, 1.165) is 17.0 Å². The fourth-order valence-electron chi connectivity index (χ4n) is 3.49. The third-order valence-electron chi connectivity index (χ3n) is 5.11. The highest BCUT2D eigenvalue weighted by Gasteiger charge is 2.20. The number of aryl methyl sites for hydroxylation is 1. The highest BCUT2D eigenvalue weighted by molar-refractivity contribution is 6.03. The number of aliphatic hydroxyl groups is 1. The van der Waals surface area contributed by atoms with Crippen LogP contribution in [0.5, 0.6) is 11.5 Å². The molecule has 1 aliphatic heterocycles. The molecule has 0 bridgehead atoms. The smallest absolute Gasteiger partial charge is 0.258 e. The maximum absolute atomic E-state index is 12.8. The second-order valence-corrected chi connectivity index (χ2v) is 8.10. The van der Waals surface area contributed by atoms with Crippen LogP contribution >= 0.6 is 0 Å². The summed E-state index contributed by atoms with van der Waals surface area (Å²) in [6.07, 6.45) is 1.43. The summed E-state index contributed by atoms with van der Waals surface area (Å²) in [5, 5.41) is 17.4. The molecule has 0 saturated heterocycles. The maximum atomic E-state index is 12.8. The Kier molecular flexibility index (Phi) is 4.56. The Labute approximate surface area is 183 Å². The van der Waals surface area contributed by atoms with Crippen molar-refractivity contribution in [3.05, 3.63) is 65.6 Å². The Morgan fingerprint density at radius 2 is 1.94 bits per heavy atom. The summed E-state index contributed by atoms with van der Waals surface area (Å²) < 4.78 is 12.6. The molecule has 1 amide bonds. The first-order valence-electron chi connectivity index (χ1n) is 10.1. The molecule has 0 spiro atoms. The quantitative estimate of drug-likeness (QED) is 0.510. The molecule has 4 aromatic rings. The molecular weight excluding hydrogens is 410 g/mol. The monoisotopic (exact) mass is 431 g/mol. The van der Waals surface area contributed by atoms with Gasteiger partial charge in [-0.3, -0.25) is 9.78 Å². The molecule has 5 rings (SSSR count). The van der Waals surface area contributed by atoms with E-state index in [-0.39, 0.29) is 12.7 Å². The normalized spacial score (nSPS) is 12.9. The molecule has 4 heterocycles. The van der Waals surface area contributed by atoms with E-state index in [1.807, 2.05) is 31.2 Å². The van der Waals surface area contributed by atoms with E-state index >= 15 is 0 Å². The molecule has 0 radical (unpaired) electrons. The number of rotatable bonds is 4. The zero-order valence-electron chi connectivity index (χ0n) is 17.8. The van der Waals surface area contributed by atoms with Crippen LogP contribution in [0.3, 0.4) is 0 Å². The maximum Gasteiger partial charge on any atom is 0.258 e. The molecule has 2 N–H and O–H groups in total. The number of pyridine rings is 1. The van der Waals surface area contributed by atoms with Crippen LogP contribution in [0, 0.1) is 6.92 Å². The fraction of sp³-hybridized carbons (Fsp3) is 0.217. The summed E-state index contributed by atoms with van der Waals surface area (Å²) in [4.78, 5) is 21.5. The van der Waals surface area contributed by atoms with E-state index in [1.54, 1.807) is 36.6 Å². The highest BCUT2D eigenvalue weighted by Crippen LogP contribution is 2.36. The number of anilines is 1. The predicted molar refractivity (Wildman–Crippen MR) is 117 cm³/mol. The largest absolute Gasteiger partial charge is 0.454 e. The molecule has 162 valence electrons. The molecule has 3 aromatic heterocycles. The number of aromatic nitrogens is 4. The van der Waals surface area contributed by atoms with Crippen LogP contribution in [-0.2, 0) is 5.60 Å². The lowest BCUT2D eigenvalue weighted by atomic mass is 10.0. The topological polar surface area (TPSA) is 111 Å². The molecule has 0 aliphatic carbocycles. The summed E-state index contributed by atoms with van der Waals surface area (Å²) in [6, 6.07) is 12.5. The Balaban J connectivity index is 1.50. The number of hydrogen-bond donors (Lipinski definition) is 2. The van der Waals surface area contributed by atoms with Gasteiger partial charge >= 0.3 is 0 Å². The fourth-order valence-corrected chi connectivity index (χ4v) is 3.49. The van der Waals surface area contributed by atoms with Crippen molar-refractivity contribution in [1.82, 2.24) is 19.6 Å². The van der Waals surface area contributed by atoms with E-state index in [2.05, 4.69) is 20.4 Å². The van der Waals surface area contributed by atoms with Crippen molar-refractivity contribution < 1.29 is 19.4 Å². The standard InChI is InChI=1S/C23H21N5O4/c1-13-8-21-25-20(26-22(29)15-5-7-19(24-11-15)23(2,3)30)10-16(28(21)27-13)14-4-6-17-18(9-14)32-12-31-17/h4-11,30H,12H2,1-3H3,(H,25,26,29). The summed E-state index contributed by atoms with van der Waals surface area (Å²) in [7, 11) is 0. The first-order chi connectivity index (χ1) is 15.3. The van der Waals surface area contributed by atoms with E-state index in [1.165, 1.54) is 6.20 Å². The minimum Gasteiger partial charge on any atom is -0.454 e. The number of carbonyl (C=O) groups excluding carboxylic acids is 1. The first kappa shape index (κ1) is 20.0. The van der Waals surface area contributed by atoms with Gasteiger partial charge in [0.2, 0.25) is 6.79 Å². The van der Waals surface area contributed by atoms with Crippen LogP contribution in [0.4, 0.5) is 5.82 Å². The molecule has 0 atom stereocenters. The zero-order chi connectivity index (χ0) is 22.5. The van der Waals surface area contributed by atoms with Gasteiger partial charge < -0.3 is 19.9 Å². The molecule has 32 heavy (non-hydrogen) atoms. The number of nitrogens with one attached hydrogen (secondary N) is 1. The first-order valence-corrected chi connectivity index (χ1v) is 10.1. The summed E-state index contributed by atoms with van der Waals surface area (Å²) in [5.74, 6) is 1.36. The average molecular weight is 431 g/mol. The van der Waals surface area contributed by atoms with Crippen molar-refractivity contribution in [3.63, 3.8) is 0 Å². The number of ether oxygens (including phenoxy) is 2. The Morgan fingerprint density at radius 3 is 2.69 bits per heavy atom. The van der Waals surface area contributed by atoms with Gasteiger partial charge in [-0.2, -0.15) is 5.10 Å². The van der Waals surface area contributed by atoms with Gasteiger partial charge in [-0.15, -0.1) is 0 Å². The number of hydrogen-bond acceptors (Lipinski definition) is 7. The van der Waals surface area contributed by atoms with Gasteiger partial charge in [0, 0.05) is 23.9 Å². The van der Waals surface area contributed by atoms with Crippen molar-refractivity contribution >= 4 is 17.4 Å². The van der Waals surface area contributed by atoms with Gasteiger partial charge in [-0.05, 0) is 51.1 Å². The lowest BCUT2D eigenvalue weighted by molar-refractivity contribution is 0.0737.